The largest absolute Gasteiger partial charge is 0.455 e. The standard InChI is InChI=1S/C10H20N2O2.ClH/c1-5-7(6-11)8(12)9(13)14-10(2,3)4;/h7,12H,5-6,11H2,1-4H3;1H/t7-;/m1./s1. The van der Waals surface area contributed by atoms with Crippen LogP contribution >= 0.6 is 12.4 Å². The van der Waals surface area contributed by atoms with Crippen molar-refractivity contribution in [3.8, 4) is 0 Å². The van der Waals surface area contributed by atoms with Crippen LogP contribution in [0.1, 0.15) is 34.1 Å². The molecule has 0 unspecified atom stereocenters. The number of halogens is 1. The number of hydrogen-bond acceptors (Lipinski definition) is 4. The van der Waals surface area contributed by atoms with Gasteiger partial charge >= 0.3 is 5.97 Å². The third-order valence-corrected chi connectivity index (χ3v) is 1.80. The van der Waals surface area contributed by atoms with Gasteiger partial charge < -0.3 is 10.5 Å². The van der Waals surface area contributed by atoms with Gasteiger partial charge in [-0.1, -0.05) is 6.92 Å². The summed E-state index contributed by atoms with van der Waals surface area (Å²) in [5.74, 6) is -0.750. The van der Waals surface area contributed by atoms with E-state index in [1.54, 1.807) is 20.8 Å². The van der Waals surface area contributed by atoms with Crippen LogP contribution in [0.25, 0.3) is 0 Å². The van der Waals surface area contributed by atoms with Gasteiger partial charge in [-0.15, -0.1) is 12.4 Å². The number of nitrogens with one attached hydrogen (secondary N) is 1. The summed E-state index contributed by atoms with van der Waals surface area (Å²) < 4.78 is 5.07. The number of ether oxygens (including phenoxy) is 1. The minimum Gasteiger partial charge on any atom is -0.455 e. The van der Waals surface area contributed by atoms with Gasteiger partial charge in [-0.2, -0.15) is 0 Å². The summed E-state index contributed by atoms with van der Waals surface area (Å²) in [4.78, 5) is 11.4. The predicted molar refractivity (Wildman–Crippen MR) is 63.7 cm³/mol. The lowest BCUT2D eigenvalue weighted by molar-refractivity contribution is -0.146. The fourth-order valence-corrected chi connectivity index (χ4v) is 0.988. The summed E-state index contributed by atoms with van der Waals surface area (Å²) in [5.41, 5.74) is 4.87. The van der Waals surface area contributed by atoms with Gasteiger partial charge in [0.2, 0.25) is 0 Å². The predicted octanol–water partition coefficient (Wildman–Crippen LogP) is 1.75. The van der Waals surface area contributed by atoms with E-state index in [1.807, 2.05) is 6.92 Å². The summed E-state index contributed by atoms with van der Waals surface area (Å²) in [5, 5.41) is 7.58. The van der Waals surface area contributed by atoms with E-state index in [4.69, 9.17) is 15.9 Å². The van der Waals surface area contributed by atoms with Gasteiger partial charge in [0.15, 0.2) is 0 Å². The number of nitrogens with two attached hydrogens (primary N) is 1. The fourth-order valence-electron chi connectivity index (χ4n) is 0.988. The highest BCUT2D eigenvalue weighted by Gasteiger charge is 2.24. The number of esters is 1. The topological polar surface area (TPSA) is 76.2 Å². The van der Waals surface area contributed by atoms with Crippen molar-refractivity contribution in [2.24, 2.45) is 11.7 Å². The first kappa shape index (κ1) is 16.8. The van der Waals surface area contributed by atoms with E-state index < -0.39 is 11.6 Å². The first-order valence-corrected chi connectivity index (χ1v) is 4.83. The van der Waals surface area contributed by atoms with Crippen LogP contribution in [0.2, 0.25) is 0 Å². The molecule has 0 aromatic heterocycles. The summed E-state index contributed by atoms with van der Waals surface area (Å²) in [6, 6.07) is 0. The lowest BCUT2D eigenvalue weighted by Gasteiger charge is -2.21. The Hall–Kier alpha value is -0.610. The highest BCUT2D eigenvalue weighted by atomic mass is 35.5. The monoisotopic (exact) mass is 236 g/mol. The van der Waals surface area contributed by atoms with Crippen LogP contribution in [-0.4, -0.2) is 23.8 Å². The molecule has 1 atom stereocenters. The molecule has 0 aromatic rings. The first-order valence-electron chi connectivity index (χ1n) is 4.83. The molecule has 15 heavy (non-hydrogen) atoms. The summed E-state index contributed by atoms with van der Waals surface area (Å²) in [7, 11) is 0. The van der Waals surface area contributed by atoms with E-state index in [0.29, 0.717) is 13.0 Å². The van der Waals surface area contributed by atoms with Crippen molar-refractivity contribution in [3.63, 3.8) is 0 Å². The van der Waals surface area contributed by atoms with Crippen LogP contribution in [-0.2, 0) is 9.53 Å². The highest BCUT2D eigenvalue weighted by Crippen LogP contribution is 2.10. The van der Waals surface area contributed by atoms with Crippen molar-refractivity contribution in [1.29, 1.82) is 5.41 Å². The zero-order valence-electron chi connectivity index (χ0n) is 9.79. The molecule has 5 heteroatoms. The van der Waals surface area contributed by atoms with Crippen LogP contribution in [0.4, 0.5) is 0 Å². The van der Waals surface area contributed by atoms with Crippen molar-refractivity contribution in [2.75, 3.05) is 6.54 Å². The molecule has 0 aliphatic heterocycles. The molecule has 0 aliphatic carbocycles. The van der Waals surface area contributed by atoms with Crippen molar-refractivity contribution in [1.82, 2.24) is 0 Å². The van der Waals surface area contributed by atoms with E-state index >= 15 is 0 Å². The molecule has 0 rings (SSSR count). The van der Waals surface area contributed by atoms with Crippen molar-refractivity contribution >= 4 is 24.1 Å². The quantitative estimate of drug-likeness (QED) is 0.577. The number of carbonyl (C=O) groups excluding carboxylic acids is 1. The second-order valence-corrected chi connectivity index (χ2v) is 4.26. The molecule has 0 aliphatic rings. The Morgan fingerprint density at radius 2 is 1.93 bits per heavy atom. The van der Waals surface area contributed by atoms with E-state index in [2.05, 4.69) is 0 Å². The molecule has 0 saturated heterocycles. The molecule has 0 radical (unpaired) electrons. The molecule has 0 heterocycles. The molecule has 0 spiro atoms. The zero-order valence-corrected chi connectivity index (χ0v) is 10.6. The van der Waals surface area contributed by atoms with Gasteiger partial charge in [0, 0.05) is 12.5 Å². The average molecular weight is 237 g/mol. The smallest absolute Gasteiger partial charge is 0.352 e. The van der Waals surface area contributed by atoms with Gasteiger partial charge in [-0.05, 0) is 27.2 Å². The Morgan fingerprint density at radius 1 is 1.47 bits per heavy atom. The zero-order chi connectivity index (χ0) is 11.4. The lowest BCUT2D eigenvalue weighted by atomic mass is 10.0. The molecule has 0 aromatic carbocycles. The SMILES string of the molecule is CC[C@H](CN)C(=N)C(=O)OC(C)(C)C.Cl. The van der Waals surface area contributed by atoms with Crippen LogP contribution in [0.15, 0.2) is 0 Å². The lowest BCUT2D eigenvalue weighted by Crippen LogP contribution is -2.34. The average Bonchev–Trinajstić information content (AvgIpc) is 2.03. The third kappa shape index (κ3) is 6.47. The van der Waals surface area contributed by atoms with Crippen LogP contribution in [0.3, 0.4) is 0 Å². The molecule has 0 bridgehead atoms. The Bertz CT molecular complexity index is 220. The van der Waals surface area contributed by atoms with Gasteiger partial charge in [0.05, 0.1) is 0 Å². The van der Waals surface area contributed by atoms with E-state index in [0.717, 1.165) is 0 Å². The molecule has 4 nitrogen and oxygen atoms in total. The van der Waals surface area contributed by atoms with Crippen LogP contribution < -0.4 is 5.73 Å². The summed E-state index contributed by atoms with van der Waals surface area (Å²) >= 11 is 0. The van der Waals surface area contributed by atoms with Gasteiger partial charge in [0.25, 0.3) is 0 Å². The maximum Gasteiger partial charge on any atom is 0.352 e. The maximum atomic E-state index is 11.4. The Balaban J connectivity index is 0. The minimum absolute atomic E-state index is 0. The van der Waals surface area contributed by atoms with Gasteiger partial charge in [-0.3, -0.25) is 5.41 Å². The fraction of sp³-hybridized carbons (Fsp3) is 0.800. The van der Waals surface area contributed by atoms with Crippen molar-refractivity contribution < 1.29 is 9.53 Å². The Kier molecular flexibility index (Phi) is 7.62. The minimum atomic E-state index is -0.560. The van der Waals surface area contributed by atoms with Crippen molar-refractivity contribution in [2.45, 2.75) is 39.7 Å². The van der Waals surface area contributed by atoms with E-state index in [9.17, 15) is 4.79 Å². The molecule has 3 N–H and O–H groups in total. The normalized spacial score (nSPS) is 12.6. The molecule has 0 saturated carbocycles. The Morgan fingerprint density at radius 3 is 2.20 bits per heavy atom. The highest BCUT2D eigenvalue weighted by molar-refractivity contribution is 6.36. The van der Waals surface area contributed by atoms with E-state index in [-0.39, 0.29) is 24.0 Å². The van der Waals surface area contributed by atoms with Gasteiger partial charge in [-0.25, -0.2) is 4.79 Å². The molecular formula is C10H21ClN2O2. The summed E-state index contributed by atoms with van der Waals surface area (Å²) in [6.45, 7) is 7.55. The third-order valence-electron chi connectivity index (χ3n) is 1.80. The number of hydrogen-bond donors (Lipinski definition) is 2. The second kappa shape index (κ2) is 6.80. The Labute approximate surface area is 97.5 Å². The van der Waals surface area contributed by atoms with Gasteiger partial charge in [0.1, 0.15) is 11.3 Å². The van der Waals surface area contributed by atoms with Crippen LogP contribution in [0, 0.1) is 11.3 Å². The second-order valence-electron chi connectivity index (χ2n) is 4.26. The number of carbonyl (C=O) groups is 1. The molecule has 0 amide bonds. The van der Waals surface area contributed by atoms with E-state index in [1.165, 1.54) is 0 Å². The molecular weight excluding hydrogens is 216 g/mol. The molecule has 90 valence electrons. The van der Waals surface area contributed by atoms with Crippen molar-refractivity contribution in [3.05, 3.63) is 0 Å². The molecule has 0 fully saturated rings. The van der Waals surface area contributed by atoms with Crippen LogP contribution in [0.5, 0.6) is 0 Å². The number of rotatable bonds is 4. The first-order chi connectivity index (χ1) is 6.31. The summed E-state index contributed by atoms with van der Waals surface area (Å²) in [6.07, 6.45) is 0.689. The maximum absolute atomic E-state index is 11.4.